The first kappa shape index (κ1) is 18.7. The van der Waals surface area contributed by atoms with Crippen LogP contribution in [0.4, 0.5) is 4.79 Å². The maximum Gasteiger partial charge on any atom is 0.317 e. The van der Waals surface area contributed by atoms with Crippen molar-refractivity contribution >= 4 is 17.6 Å². The van der Waals surface area contributed by atoms with E-state index >= 15 is 0 Å². The van der Waals surface area contributed by atoms with E-state index in [-0.39, 0.29) is 18.0 Å². The third-order valence-electron chi connectivity index (χ3n) is 5.81. The number of pyridine rings is 1. The first-order chi connectivity index (χ1) is 13.6. The Hall–Kier alpha value is -2.64. The molecular formula is C20H27N5O3. The Morgan fingerprint density at radius 1 is 1.29 bits per heavy atom. The quantitative estimate of drug-likeness (QED) is 0.828. The van der Waals surface area contributed by atoms with Crippen LogP contribution in [-0.4, -0.2) is 52.3 Å². The summed E-state index contributed by atoms with van der Waals surface area (Å²) in [6.45, 7) is 1.49. The van der Waals surface area contributed by atoms with E-state index in [0.717, 1.165) is 18.4 Å². The molecule has 150 valence electrons. The summed E-state index contributed by atoms with van der Waals surface area (Å²) in [4.78, 5) is 36.4. The van der Waals surface area contributed by atoms with Crippen LogP contribution in [-0.2, 0) is 16.2 Å². The lowest BCUT2D eigenvalue weighted by molar-refractivity contribution is -0.115. The number of amides is 3. The van der Waals surface area contributed by atoms with Crippen molar-refractivity contribution in [3.8, 4) is 0 Å². The van der Waals surface area contributed by atoms with Crippen LogP contribution in [0, 0.1) is 0 Å². The summed E-state index contributed by atoms with van der Waals surface area (Å²) in [5.41, 5.74) is 0.750. The third-order valence-corrected chi connectivity index (χ3v) is 5.81. The molecule has 1 aliphatic carbocycles. The molecule has 0 unspecified atom stereocenters. The first-order valence-corrected chi connectivity index (χ1v) is 10.1. The Morgan fingerprint density at radius 3 is 2.93 bits per heavy atom. The fraction of sp³-hybridized carbons (Fsp3) is 0.600. The molecule has 3 amide bonds. The van der Waals surface area contributed by atoms with Gasteiger partial charge in [-0.15, -0.1) is 0 Å². The minimum Gasteiger partial charge on any atom is -0.386 e. The van der Waals surface area contributed by atoms with Gasteiger partial charge < -0.3 is 20.4 Å². The van der Waals surface area contributed by atoms with Crippen LogP contribution in [0.1, 0.15) is 50.5 Å². The summed E-state index contributed by atoms with van der Waals surface area (Å²) in [5.74, 6) is -0.231. The van der Waals surface area contributed by atoms with Crippen LogP contribution in [0.25, 0.3) is 0 Å². The minimum absolute atomic E-state index is 0.0261. The molecule has 1 aromatic rings. The molecule has 8 heteroatoms. The number of aromatic nitrogens is 1. The van der Waals surface area contributed by atoms with E-state index in [2.05, 4.69) is 20.8 Å². The molecule has 4 rings (SSSR count). The Bertz CT molecular complexity index is 747. The number of nitrogens with zero attached hydrogens (tertiary/aromatic N) is 3. The van der Waals surface area contributed by atoms with Gasteiger partial charge in [-0.05, 0) is 24.5 Å². The molecule has 1 spiro atoms. The van der Waals surface area contributed by atoms with Crippen molar-refractivity contribution < 1.29 is 14.4 Å². The molecule has 3 aliphatic rings. The predicted molar refractivity (Wildman–Crippen MR) is 104 cm³/mol. The van der Waals surface area contributed by atoms with Gasteiger partial charge in [0.1, 0.15) is 5.71 Å². The largest absolute Gasteiger partial charge is 0.386 e. The Morgan fingerprint density at radius 2 is 2.14 bits per heavy atom. The van der Waals surface area contributed by atoms with E-state index in [1.807, 2.05) is 12.1 Å². The minimum atomic E-state index is -0.565. The van der Waals surface area contributed by atoms with Crippen molar-refractivity contribution in [3.63, 3.8) is 0 Å². The summed E-state index contributed by atoms with van der Waals surface area (Å²) >= 11 is 0. The molecule has 1 saturated carbocycles. The van der Waals surface area contributed by atoms with Gasteiger partial charge in [0, 0.05) is 44.4 Å². The van der Waals surface area contributed by atoms with Gasteiger partial charge in [-0.25, -0.2) is 4.79 Å². The van der Waals surface area contributed by atoms with Crippen LogP contribution in [0.5, 0.6) is 0 Å². The van der Waals surface area contributed by atoms with Crippen molar-refractivity contribution in [1.29, 1.82) is 0 Å². The number of hydrogen-bond donors (Lipinski definition) is 2. The third kappa shape index (κ3) is 4.26. The highest BCUT2D eigenvalue weighted by atomic mass is 16.7. The molecule has 28 heavy (non-hydrogen) atoms. The molecule has 0 bridgehead atoms. The highest BCUT2D eigenvalue weighted by Crippen LogP contribution is 2.34. The molecule has 2 N–H and O–H groups in total. The second-order valence-electron chi connectivity index (χ2n) is 7.99. The standard InChI is InChI=1S/C20H27N5O3/c26-18(22-13-15-5-4-9-21-12-15)17-11-20(28-24-17)8-10-25(14-20)19(27)23-16-6-2-1-3-7-16/h4-5,9,12,16H,1-3,6-8,10-11,13-14H2,(H,22,26)(H,23,27)/t20-/m0/s1. The zero-order chi connectivity index (χ0) is 19.4. The Balaban J connectivity index is 1.26. The molecule has 0 aromatic carbocycles. The number of hydrogen-bond acceptors (Lipinski definition) is 5. The van der Waals surface area contributed by atoms with Gasteiger partial charge in [0.2, 0.25) is 0 Å². The zero-order valence-corrected chi connectivity index (χ0v) is 16.0. The molecule has 0 radical (unpaired) electrons. The number of urea groups is 1. The first-order valence-electron chi connectivity index (χ1n) is 10.1. The summed E-state index contributed by atoms with van der Waals surface area (Å²) in [6.07, 6.45) is 10.3. The molecule has 2 aliphatic heterocycles. The predicted octanol–water partition coefficient (Wildman–Crippen LogP) is 1.96. The lowest BCUT2D eigenvalue weighted by Gasteiger charge is -2.27. The van der Waals surface area contributed by atoms with Gasteiger partial charge >= 0.3 is 6.03 Å². The van der Waals surface area contributed by atoms with Crippen molar-refractivity contribution in [1.82, 2.24) is 20.5 Å². The van der Waals surface area contributed by atoms with E-state index in [9.17, 15) is 9.59 Å². The number of carbonyl (C=O) groups excluding carboxylic acids is 2. The van der Waals surface area contributed by atoms with E-state index in [0.29, 0.717) is 38.2 Å². The van der Waals surface area contributed by atoms with Crippen molar-refractivity contribution in [2.45, 2.75) is 63.1 Å². The Labute approximate surface area is 164 Å². The molecule has 1 atom stereocenters. The molecule has 1 aromatic heterocycles. The fourth-order valence-corrected chi connectivity index (χ4v) is 4.18. The number of oxime groups is 1. The van der Waals surface area contributed by atoms with Crippen LogP contribution < -0.4 is 10.6 Å². The van der Waals surface area contributed by atoms with Gasteiger partial charge in [-0.1, -0.05) is 30.5 Å². The topological polar surface area (TPSA) is 95.9 Å². The molecule has 2 fully saturated rings. The highest BCUT2D eigenvalue weighted by Gasteiger charge is 2.48. The Kier molecular flexibility index (Phi) is 5.45. The monoisotopic (exact) mass is 385 g/mol. The highest BCUT2D eigenvalue weighted by molar-refractivity contribution is 6.39. The van der Waals surface area contributed by atoms with E-state index in [1.54, 1.807) is 17.3 Å². The summed E-state index contributed by atoms with van der Waals surface area (Å²) in [6, 6.07) is 3.99. The van der Waals surface area contributed by atoms with E-state index in [1.165, 1.54) is 19.3 Å². The van der Waals surface area contributed by atoms with Crippen molar-refractivity contribution in [2.75, 3.05) is 13.1 Å². The molecular weight excluding hydrogens is 358 g/mol. The normalized spacial score (nSPS) is 24.7. The summed E-state index contributed by atoms with van der Waals surface area (Å²) in [5, 5.41) is 10.0. The van der Waals surface area contributed by atoms with Crippen molar-refractivity contribution in [3.05, 3.63) is 30.1 Å². The van der Waals surface area contributed by atoms with E-state index in [4.69, 9.17) is 4.84 Å². The molecule has 8 nitrogen and oxygen atoms in total. The second kappa shape index (κ2) is 8.16. The number of rotatable bonds is 4. The molecule has 3 heterocycles. The SMILES string of the molecule is O=C(NCc1cccnc1)C1=NO[C@@]2(CCN(C(=O)NC3CCCCC3)C2)C1. The average Bonchev–Trinajstić information content (AvgIpc) is 3.35. The lowest BCUT2D eigenvalue weighted by atomic mass is 9.95. The smallest absolute Gasteiger partial charge is 0.317 e. The van der Waals surface area contributed by atoms with Crippen LogP contribution in [0.2, 0.25) is 0 Å². The van der Waals surface area contributed by atoms with Crippen molar-refractivity contribution in [2.24, 2.45) is 5.16 Å². The number of carbonyl (C=O) groups is 2. The summed E-state index contributed by atoms with van der Waals surface area (Å²) < 4.78 is 0. The van der Waals surface area contributed by atoms with Gasteiger partial charge in [-0.2, -0.15) is 0 Å². The van der Waals surface area contributed by atoms with Gasteiger partial charge in [0.15, 0.2) is 5.60 Å². The zero-order valence-electron chi connectivity index (χ0n) is 16.0. The van der Waals surface area contributed by atoms with Gasteiger partial charge in [0.05, 0.1) is 6.54 Å². The van der Waals surface area contributed by atoms with Crippen LogP contribution in [0.3, 0.4) is 0 Å². The summed E-state index contributed by atoms with van der Waals surface area (Å²) in [7, 11) is 0. The number of likely N-dealkylation sites (tertiary alicyclic amines) is 1. The van der Waals surface area contributed by atoms with Crippen LogP contribution in [0.15, 0.2) is 29.7 Å². The molecule has 1 saturated heterocycles. The lowest BCUT2D eigenvalue weighted by Crippen LogP contribution is -2.46. The van der Waals surface area contributed by atoms with Crippen LogP contribution >= 0.6 is 0 Å². The maximum absolute atomic E-state index is 12.6. The van der Waals surface area contributed by atoms with E-state index < -0.39 is 5.60 Å². The van der Waals surface area contributed by atoms with Gasteiger partial charge in [-0.3, -0.25) is 9.78 Å². The number of nitrogens with one attached hydrogen (secondary N) is 2. The fourth-order valence-electron chi connectivity index (χ4n) is 4.18. The maximum atomic E-state index is 12.6. The average molecular weight is 385 g/mol. The van der Waals surface area contributed by atoms with Gasteiger partial charge in [0.25, 0.3) is 5.91 Å². The second-order valence-corrected chi connectivity index (χ2v) is 7.99.